The molecule has 1 atom stereocenters. The number of benzene rings is 2. The van der Waals surface area contributed by atoms with Crippen molar-refractivity contribution in [2.75, 3.05) is 11.1 Å². The largest absolute Gasteiger partial charge is 0.483 e. The lowest BCUT2D eigenvalue weighted by Gasteiger charge is -2.15. The molecule has 0 aliphatic rings. The SMILES string of the molecule is CCn1c(SCC(=O)Nc2nc(-c3ccccc3)cs2)nnc1C(C)Oc1ccc(F)cc1. The molecule has 2 heterocycles. The van der Waals surface area contributed by atoms with Crippen LogP contribution in [0, 0.1) is 5.82 Å². The topological polar surface area (TPSA) is 81.9 Å². The number of thiazole rings is 1. The third kappa shape index (κ3) is 5.77. The monoisotopic (exact) mass is 483 g/mol. The number of carbonyl (C=O) groups excluding carboxylic acids is 1. The Morgan fingerprint density at radius 1 is 1.18 bits per heavy atom. The van der Waals surface area contributed by atoms with Gasteiger partial charge in [-0.2, -0.15) is 0 Å². The Morgan fingerprint density at radius 2 is 1.94 bits per heavy atom. The Balaban J connectivity index is 1.35. The molecule has 1 N–H and O–H groups in total. The molecule has 33 heavy (non-hydrogen) atoms. The number of hydrogen-bond acceptors (Lipinski definition) is 7. The van der Waals surface area contributed by atoms with Crippen molar-refractivity contribution in [2.24, 2.45) is 0 Å². The quantitative estimate of drug-likeness (QED) is 0.320. The smallest absolute Gasteiger partial charge is 0.236 e. The first-order chi connectivity index (χ1) is 16.0. The maximum atomic E-state index is 13.1. The number of nitrogens with zero attached hydrogens (tertiary/aromatic N) is 4. The molecule has 0 saturated carbocycles. The van der Waals surface area contributed by atoms with E-state index in [4.69, 9.17) is 4.74 Å². The van der Waals surface area contributed by atoms with Gasteiger partial charge in [0.25, 0.3) is 0 Å². The van der Waals surface area contributed by atoms with Gasteiger partial charge in [-0.3, -0.25) is 4.79 Å². The van der Waals surface area contributed by atoms with Crippen LogP contribution in [-0.2, 0) is 11.3 Å². The molecule has 0 bridgehead atoms. The van der Waals surface area contributed by atoms with Crippen molar-refractivity contribution in [3.63, 3.8) is 0 Å². The number of ether oxygens (including phenoxy) is 1. The maximum absolute atomic E-state index is 13.1. The molecule has 1 amide bonds. The molecular weight excluding hydrogens is 461 g/mol. The highest BCUT2D eigenvalue weighted by atomic mass is 32.2. The van der Waals surface area contributed by atoms with Gasteiger partial charge in [-0.1, -0.05) is 42.1 Å². The molecule has 0 spiro atoms. The number of nitrogens with one attached hydrogen (secondary N) is 1. The molecule has 0 saturated heterocycles. The fraction of sp³-hybridized carbons (Fsp3) is 0.217. The third-order valence-corrected chi connectivity index (χ3v) is 6.43. The zero-order valence-corrected chi connectivity index (χ0v) is 19.7. The first kappa shape index (κ1) is 22.9. The zero-order valence-electron chi connectivity index (χ0n) is 18.1. The summed E-state index contributed by atoms with van der Waals surface area (Å²) < 4.78 is 20.9. The van der Waals surface area contributed by atoms with Crippen LogP contribution in [0.25, 0.3) is 11.3 Å². The molecule has 10 heteroatoms. The lowest BCUT2D eigenvalue weighted by Crippen LogP contribution is -2.15. The number of rotatable bonds is 9. The Bertz CT molecular complexity index is 1210. The summed E-state index contributed by atoms with van der Waals surface area (Å²) in [6.45, 7) is 4.45. The predicted octanol–water partition coefficient (Wildman–Crippen LogP) is 5.43. The molecule has 0 radical (unpaired) electrons. The van der Waals surface area contributed by atoms with Crippen molar-refractivity contribution in [2.45, 2.75) is 31.7 Å². The number of halogens is 1. The molecular formula is C23H22FN5O2S2. The van der Waals surface area contributed by atoms with Gasteiger partial charge in [0.2, 0.25) is 5.91 Å². The van der Waals surface area contributed by atoms with Crippen molar-refractivity contribution in [1.82, 2.24) is 19.7 Å². The summed E-state index contributed by atoms with van der Waals surface area (Å²) >= 11 is 2.68. The molecule has 2 aromatic heterocycles. The van der Waals surface area contributed by atoms with Gasteiger partial charge in [0, 0.05) is 17.5 Å². The average molecular weight is 484 g/mol. The molecule has 4 aromatic rings. The first-order valence-corrected chi connectivity index (χ1v) is 12.2. The van der Waals surface area contributed by atoms with E-state index in [0.717, 1.165) is 11.3 Å². The fourth-order valence-electron chi connectivity index (χ4n) is 3.13. The number of thioether (sulfide) groups is 1. The molecule has 1 unspecified atom stereocenters. The van der Waals surface area contributed by atoms with Crippen LogP contribution in [0.4, 0.5) is 9.52 Å². The maximum Gasteiger partial charge on any atom is 0.236 e. The van der Waals surface area contributed by atoms with Gasteiger partial charge in [-0.25, -0.2) is 9.37 Å². The summed E-state index contributed by atoms with van der Waals surface area (Å²) in [5, 5.41) is 14.4. The Labute approximate surface area is 199 Å². The standard InChI is InChI=1S/C23H22FN5O2S2/c1-3-29-21(15(2)31-18-11-9-17(24)10-12-18)27-28-23(29)33-14-20(30)26-22-25-19(13-32-22)16-7-5-4-6-8-16/h4-13,15H,3,14H2,1-2H3,(H,25,26,30). The van der Waals surface area contributed by atoms with E-state index in [9.17, 15) is 9.18 Å². The number of hydrogen-bond donors (Lipinski definition) is 1. The Hall–Kier alpha value is -3.24. The minimum atomic E-state index is -0.391. The zero-order chi connectivity index (χ0) is 23.2. The number of carbonyl (C=O) groups is 1. The van der Waals surface area contributed by atoms with Gasteiger partial charge >= 0.3 is 0 Å². The van der Waals surface area contributed by atoms with Gasteiger partial charge in [0.15, 0.2) is 22.2 Å². The van der Waals surface area contributed by atoms with Crippen LogP contribution in [0.15, 0.2) is 65.1 Å². The van der Waals surface area contributed by atoms with E-state index >= 15 is 0 Å². The summed E-state index contributed by atoms with van der Waals surface area (Å²) in [6, 6.07) is 15.6. The molecule has 2 aromatic carbocycles. The summed E-state index contributed by atoms with van der Waals surface area (Å²) in [5.74, 6) is 0.860. The fourth-order valence-corrected chi connectivity index (χ4v) is 4.68. The van der Waals surface area contributed by atoms with Crippen LogP contribution in [0.3, 0.4) is 0 Å². The first-order valence-electron chi connectivity index (χ1n) is 10.3. The van der Waals surface area contributed by atoms with E-state index in [1.807, 2.05) is 54.1 Å². The number of amides is 1. The van der Waals surface area contributed by atoms with Crippen LogP contribution >= 0.6 is 23.1 Å². The van der Waals surface area contributed by atoms with Crippen LogP contribution in [0.1, 0.15) is 25.8 Å². The molecule has 0 aliphatic heterocycles. The van der Waals surface area contributed by atoms with Crippen molar-refractivity contribution in [3.05, 3.63) is 71.6 Å². The van der Waals surface area contributed by atoms with E-state index in [1.54, 1.807) is 12.1 Å². The van der Waals surface area contributed by atoms with E-state index in [0.29, 0.717) is 28.4 Å². The summed E-state index contributed by atoms with van der Waals surface area (Å²) in [5.41, 5.74) is 1.83. The highest BCUT2D eigenvalue weighted by Gasteiger charge is 2.20. The molecule has 170 valence electrons. The number of anilines is 1. The molecule has 7 nitrogen and oxygen atoms in total. The highest BCUT2D eigenvalue weighted by molar-refractivity contribution is 7.99. The molecule has 0 aliphatic carbocycles. The second kappa shape index (κ2) is 10.6. The van der Waals surface area contributed by atoms with Crippen molar-refractivity contribution in [3.8, 4) is 17.0 Å². The highest BCUT2D eigenvalue weighted by Crippen LogP contribution is 2.26. The van der Waals surface area contributed by atoms with Gasteiger partial charge in [-0.05, 0) is 38.1 Å². The van der Waals surface area contributed by atoms with Crippen LogP contribution in [0.5, 0.6) is 5.75 Å². The minimum Gasteiger partial charge on any atom is -0.483 e. The summed E-state index contributed by atoms with van der Waals surface area (Å²) in [7, 11) is 0. The molecule has 0 fully saturated rings. The minimum absolute atomic E-state index is 0.170. The van der Waals surface area contributed by atoms with Gasteiger partial charge in [0.1, 0.15) is 11.6 Å². The summed E-state index contributed by atoms with van der Waals surface area (Å²) in [4.78, 5) is 16.9. The second-order valence-corrected chi connectivity index (χ2v) is 8.84. The average Bonchev–Trinajstić information content (AvgIpc) is 3.46. The van der Waals surface area contributed by atoms with Crippen molar-refractivity contribution >= 4 is 34.1 Å². The lowest BCUT2D eigenvalue weighted by atomic mass is 10.2. The normalized spacial score (nSPS) is 11.8. The third-order valence-electron chi connectivity index (χ3n) is 4.70. The van der Waals surface area contributed by atoms with Crippen LogP contribution in [0.2, 0.25) is 0 Å². The lowest BCUT2D eigenvalue weighted by molar-refractivity contribution is -0.113. The van der Waals surface area contributed by atoms with E-state index in [1.165, 1.54) is 35.2 Å². The van der Waals surface area contributed by atoms with Crippen LogP contribution < -0.4 is 10.1 Å². The predicted molar refractivity (Wildman–Crippen MR) is 128 cm³/mol. The van der Waals surface area contributed by atoms with Gasteiger partial charge in [-0.15, -0.1) is 21.5 Å². The van der Waals surface area contributed by atoms with E-state index in [-0.39, 0.29) is 17.5 Å². The van der Waals surface area contributed by atoms with E-state index in [2.05, 4.69) is 20.5 Å². The summed E-state index contributed by atoms with van der Waals surface area (Å²) in [6.07, 6.45) is -0.391. The van der Waals surface area contributed by atoms with Gasteiger partial charge < -0.3 is 14.6 Å². The van der Waals surface area contributed by atoms with Gasteiger partial charge in [0.05, 0.1) is 11.4 Å². The van der Waals surface area contributed by atoms with Crippen LogP contribution in [-0.4, -0.2) is 31.4 Å². The van der Waals surface area contributed by atoms with Crippen molar-refractivity contribution in [1.29, 1.82) is 0 Å². The van der Waals surface area contributed by atoms with Crippen molar-refractivity contribution < 1.29 is 13.9 Å². The Morgan fingerprint density at radius 3 is 2.67 bits per heavy atom. The number of aromatic nitrogens is 4. The Kier molecular flexibility index (Phi) is 7.36. The second-order valence-electron chi connectivity index (χ2n) is 7.04. The molecule has 4 rings (SSSR count). The van der Waals surface area contributed by atoms with E-state index < -0.39 is 6.10 Å².